The molecule has 0 saturated heterocycles. The summed E-state index contributed by atoms with van der Waals surface area (Å²) in [7, 11) is 0. The van der Waals surface area contributed by atoms with Crippen LogP contribution < -0.4 is 15.2 Å². The number of halogens is 1. The smallest absolute Gasteiger partial charge is 0.150 e. The zero-order valence-corrected chi connectivity index (χ0v) is 20.4. The van der Waals surface area contributed by atoms with Crippen LogP contribution in [0.3, 0.4) is 0 Å². The number of nitrogen functional groups attached to an aromatic ring is 1. The molecule has 0 aliphatic carbocycles. The van der Waals surface area contributed by atoms with Gasteiger partial charge in [0.15, 0.2) is 0 Å². The largest absolute Gasteiger partial charge is 0.489 e. The Hall–Kier alpha value is -4.50. The highest BCUT2D eigenvalue weighted by Gasteiger charge is 2.18. The van der Waals surface area contributed by atoms with E-state index in [1.54, 1.807) is 42.7 Å². The maximum atomic E-state index is 14.3. The summed E-state index contributed by atoms with van der Waals surface area (Å²) in [6, 6.07) is 15.1. The van der Waals surface area contributed by atoms with E-state index in [-0.39, 0.29) is 19.1 Å². The Morgan fingerprint density at radius 3 is 2.49 bits per heavy atom. The number of hydrogen-bond acceptors (Lipinski definition) is 7. The molecule has 5 rings (SSSR count). The second-order valence-corrected chi connectivity index (χ2v) is 8.86. The highest BCUT2D eigenvalue weighted by Crippen LogP contribution is 2.33. The molecule has 0 radical (unpaired) electrons. The molecule has 0 unspecified atom stereocenters. The minimum atomic E-state index is -0.480. The lowest BCUT2D eigenvalue weighted by Gasteiger charge is -2.11. The lowest BCUT2D eigenvalue weighted by atomic mass is 10.1. The van der Waals surface area contributed by atoms with Gasteiger partial charge in [-0.2, -0.15) is 0 Å². The van der Waals surface area contributed by atoms with Crippen LogP contribution in [0.25, 0.3) is 16.8 Å². The maximum Gasteiger partial charge on any atom is 0.150 e. The van der Waals surface area contributed by atoms with Gasteiger partial charge in [0.1, 0.15) is 52.5 Å². The predicted octanol–water partition coefficient (Wildman–Crippen LogP) is 5.50. The van der Waals surface area contributed by atoms with Crippen molar-refractivity contribution >= 4 is 11.3 Å². The fraction of sp³-hybridized carbons (Fsp3) is 0.179. The van der Waals surface area contributed by atoms with Crippen molar-refractivity contribution in [3.63, 3.8) is 0 Å². The van der Waals surface area contributed by atoms with Gasteiger partial charge in [-0.1, -0.05) is 19.9 Å². The molecule has 188 valence electrons. The Kier molecular flexibility index (Phi) is 6.70. The second-order valence-electron chi connectivity index (χ2n) is 8.86. The number of nitrogens with two attached hydrogens (primary N) is 1. The molecule has 0 bridgehead atoms. The van der Waals surface area contributed by atoms with E-state index in [0.29, 0.717) is 28.8 Å². The van der Waals surface area contributed by atoms with Crippen LogP contribution in [0.5, 0.6) is 17.2 Å². The number of benzene rings is 2. The molecule has 3 aromatic heterocycles. The average molecular weight is 500 g/mol. The number of nitrogens with zero attached hydrogens (tertiary/aromatic N) is 4. The molecule has 0 saturated carbocycles. The van der Waals surface area contributed by atoms with E-state index in [0.717, 1.165) is 28.2 Å². The fourth-order valence-corrected chi connectivity index (χ4v) is 3.99. The van der Waals surface area contributed by atoms with Crippen LogP contribution in [0.1, 0.15) is 36.8 Å². The maximum absolute atomic E-state index is 14.3. The molecule has 0 aliphatic heterocycles. The molecule has 0 amide bonds. The van der Waals surface area contributed by atoms with Gasteiger partial charge in [-0.3, -0.25) is 9.38 Å². The summed E-state index contributed by atoms with van der Waals surface area (Å²) in [5.41, 5.74) is 9.91. The molecule has 5 aromatic rings. The number of ether oxygens (including phenoxy) is 2. The number of anilines is 1. The summed E-state index contributed by atoms with van der Waals surface area (Å²) in [5.74, 6) is 2.18. The van der Waals surface area contributed by atoms with Crippen molar-refractivity contribution in [2.75, 3.05) is 5.73 Å². The standard InChI is InChI=1S/C28H26FN5O3/c1-17(2)28-33-25(26-27(30)31-9-10-34(26)28)19-4-7-22(8-5-19)37-24-12-20(29)11-23(13-24)36-16-18-3-6-21(15-35)32-14-18/h3-14,17,35H,15-16H2,1-2H3,(H2,30,31). The number of aliphatic hydroxyl groups is 1. The first kappa shape index (κ1) is 24.2. The van der Waals surface area contributed by atoms with E-state index < -0.39 is 5.82 Å². The van der Waals surface area contributed by atoms with Crippen molar-refractivity contribution in [2.45, 2.75) is 33.0 Å². The van der Waals surface area contributed by atoms with Gasteiger partial charge in [-0.25, -0.2) is 14.4 Å². The SMILES string of the molecule is CC(C)c1nc(-c2ccc(Oc3cc(F)cc(OCc4ccc(CO)nc4)c3)cc2)c2c(N)nccn12. The molecule has 0 spiro atoms. The Balaban J connectivity index is 1.34. The zero-order chi connectivity index (χ0) is 25.9. The average Bonchev–Trinajstić information content (AvgIpc) is 3.29. The summed E-state index contributed by atoms with van der Waals surface area (Å²) >= 11 is 0. The van der Waals surface area contributed by atoms with E-state index in [1.165, 1.54) is 12.1 Å². The third kappa shape index (κ3) is 5.22. The van der Waals surface area contributed by atoms with E-state index in [2.05, 4.69) is 23.8 Å². The Bertz CT molecular complexity index is 1530. The first-order chi connectivity index (χ1) is 17.9. The summed E-state index contributed by atoms with van der Waals surface area (Å²) in [6.45, 7) is 4.22. The molecule has 0 fully saturated rings. The molecule has 3 N–H and O–H groups in total. The van der Waals surface area contributed by atoms with Crippen molar-refractivity contribution in [1.29, 1.82) is 0 Å². The zero-order valence-electron chi connectivity index (χ0n) is 20.4. The van der Waals surface area contributed by atoms with Crippen molar-refractivity contribution in [1.82, 2.24) is 19.4 Å². The van der Waals surface area contributed by atoms with Gasteiger partial charge in [0.2, 0.25) is 0 Å². The van der Waals surface area contributed by atoms with Gasteiger partial charge in [0.05, 0.1) is 12.3 Å². The van der Waals surface area contributed by atoms with Gasteiger partial charge >= 0.3 is 0 Å². The van der Waals surface area contributed by atoms with Gasteiger partial charge in [-0.05, 0) is 30.3 Å². The molecule has 37 heavy (non-hydrogen) atoms. The second kappa shape index (κ2) is 10.2. The Morgan fingerprint density at radius 1 is 1.00 bits per heavy atom. The highest BCUT2D eigenvalue weighted by molar-refractivity contribution is 5.85. The number of aromatic nitrogens is 4. The molecule has 9 heteroatoms. The van der Waals surface area contributed by atoms with Gasteiger partial charge in [0.25, 0.3) is 0 Å². The number of rotatable bonds is 8. The summed E-state index contributed by atoms with van der Waals surface area (Å²) in [5, 5.41) is 9.10. The van der Waals surface area contributed by atoms with Crippen LogP contribution in [-0.4, -0.2) is 24.5 Å². The van der Waals surface area contributed by atoms with Crippen molar-refractivity contribution in [2.24, 2.45) is 0 Å². The lowest BCUT2D eigenvalue weighted by molar-refractivity contribution is 0.276. The predicted molar refractivity (Wildman–Crippen MR) is 138 cm³/mol. The molecular formula is C28H26FN5O3. The number of imidazole rings is 1. The lowest BCUT2D eigenvalue weighted by Crippen LogP contribution is -1.99. The van der Waals surface area contributed by atoms with Gasteiger partial charge in [-0.15, -0.1) is 0 Å². The highest BCUT2D eigenvalue weighted by atomic mass is 19.1. The summed E-state index contributed by atoms with van der Waals surface area (Å²) < 4.78 is 27.9. The minimum Gasteiger partial charge on any atom is -0.489 e. The van der Waals surface area contributed by atoms with Crippen LogP contribution in [0.4, 0.5) is 10.2 Å². The van der Waals surface area contributed by atoms with Crippen LogP contribution in [0.2, 0.25) is 0 Å². The molecule has 0 atom stereocenters. The normalized spacial score (nSPS) is 11.3. The summed E-state index contributed by atoms with van der Waals surface area (Å²) in [6.07, 6.45) is 5.14. The molecule has 8 nitrogen and oxygen atoms in total. The first-order valence-electron chi connectivity index (χ1n) is 11.8. The molecule has 2 aromatic carbocycles. The number of hydrogen-bond donors (Lipinski definition) is 2. The first-order valence-corrected chi connectivity index (χ1v) is 11.8. The van der Waals surface area contributed by atoms with E-state index in [1.807, 2.05) is 22.7 Å². The Morgan fingerprint density at radius 2 is 1.78 bits per heavy atom. The van der Waals surface area contributed by atoms with Crippen LogP contribution in [-0.2, 0) is 13.2 Å². The molecule has 0 aliphatic rings. The van der Waals surface area contributed by atoms with Crippen molar-refractivity contribution in [3.8, 4) is 28.5 Å². The van der Waals surface area contributed by atoms with Gasteiger partial charge in [0, 0.05) is 53.8 Å². The molecule has 3 heterocycles. The van der Waals surface area contributed by atoms with Crippen LogP contribution in [0.15, 0.2) is 73.2 Å². The number of pyridine rings is 1. The van der Waals surface area contributed by atoms with E-state index in [4.69, 9.17) is 25.3 Å². The third-order valence-electron chi connectivity index (χ3n) is 5.79. The minimum absolute atomic E-state index is 0.129. The van der Waals surface area contributed by atoms with Crippen LogP contribution >= 0.6 is 0 Å². The van der Waals surface area contributed by atoms with Crippen molar-refractivity contribution in [3.05, 3.63) is 96.1 Å². The van der Waals surface area contributed by atoms with E-state index >= 15 is 0 Å². The molecular weight excluding hydrogens is 473 g/mol. The quantitative estimate of drug-likeness (QED) is 0.290. The van der Waals surface area contributed by atoms with Crippen LogP contribution in [0, 0.1) is 5.82 Å². The summed E-state index contributed by atoms with van der Waals surface area (Å²) in [4.78, 5) is 13.2. The Labute approximate surface area is 213 Å². The van der Waals surface area contributed by atoms with Crippen molar-refractivity contribution < 1.29 is 19.0 Å². The fourth-order valence-electron chi connectivity index (χ4n) is 3.99. The van der Waals surface area contributed by atoms with Gasteiger partial charge < -0.3 is 20.3 Å². The number of fused-ring (bicyclic) bond motifs is 1. The topological polar surface area (TPSA) is 108 Å². The number of aliphatic hydroxyl groups excluding tert-OH is 1. The van der Waals surface area contributed by atoms with E-state index in [9.17, 15) is 4.39 Å². The third-order valence-corrected chi connectivity index (χ3v) is 5.79. The monoisotopic (exact) mass is 499 g/mol.